The average molecular weight is 678 g/mol. The lowest BCUT2D eigenvalue weighted by Crippen LogP contribution is -2.36. The van der Waals surface area contributed by atoms with Gasteiger partial charge in [0.1, 0.15) is 48.3 Å². The lowest BCUT2D eigenvalue weighted by molar-refractivity contribution is -0.0561. The molecule has 18 nitrogen and oxygen atoms in total. The summed E-state index contributed by atoms with van der Waals surface area (Å²) in [5.41, 5.74) is 6.26. The van der Waals surface area contributed by atoms with Crippen LogP contribution in [0.2, 0.25) is 0 Å². The summed E-state index contributed by atoms with van der Waals surface area (Å²) >= 11 is 5.15. The number of aliphatic imine (C=N–C) groups is 1. The molecule has 0 saturated carbocycles. The van der Waals surface area contributed by atoms with Gasteiger partial charge in [0.25, 0.3) is 0 Å². The van der Waals surface area contributed by atoms with Crippen molar-refractivity contribution in [3.05, 3.63) is 24.7 Å². The second-order valence-electron chi connectivity index (χ2n) is 9.63. The zero-order valence-corrected chi connectivity index (χ0v) is 25.1. The highest BCUT2D eigenvalue weighted by molar-refractivity contribution is 8.07. The van der Waals surface area contributed by atoms with Gasteiger partial charge in [-0.15, -0.1) is 9.05 Å². The number of halogens is 2. The van der Waals surface area contributed by atoms with Crippen molar-refractivity contribution in [2.75, 3.05) is 31.3 Å². The number of aromatic nitrogens is 6. The van der Waals surface area contributed by atoms with E-state index in [1.807, 2.05) is 0 Å². The van der Waals surface area contributed by atoms with Crippen molar-refractivity contribution in [3.63, 3.8) is 0 Å². The lowest BCUT2D eigenvalue weighted by atomic mass is 10.1. The number of fused-ring (bicyclic) bond motifs is 3. The molecule has 23 heteroatoms. The van der Waals surface area contributed by atoms with E-state index in [0.717, 1.165) is 0 Å². The molecule has 6 heterocycles. The summed E-state index contributed by atoms with van der Waals surface area (Å²) in [7, 11) is -1.50. The minimum Gasteiger partial charge on any atom is -0.382 e. The Bertz CT molecular complexity index is 1670. The van der Waals surface area contributed by atoms with E-state index in [9.17, 15) is 9.46 Å². The molecule has 3 aromatic heterocycles. The monoisotopic (exact) mass is 677 g/mol. The van der Waals surface area contributed by atoms with Crippen LogP contribution in [0, 0.1) is 5.41 Å². The Balaban J connectivity index is 1.24. The smallest absolute Gasteiger partial charge is 0.382 e. The highest BCUT2D eigenvalue weighted by Gasteiger charge is 2.55. The second kappa shape index (κ2) is 12.1. The summed E-state index contributed by atoms with van der Waals surface area (Å²) in [6.07, 6.45) is -8.84. The zero-order chi connectivity index (χ0) is 31.3. The topological polar surface area (TPSA) is 228 Å². The van der Waals surface area contributed by atoms with E-state index in [0.29, 0.717) is 0 Å². The molecule has 2 unspecified atom stereocenters. The fraction of sp³-hybridized carbons (Fsp3) is 0.524. The van der Waals surface area contributed by atoms with Crippen LogP contribution in [0.15, 0.2) is 24.0 Å². The van der Waals surface area contributed by atoms with Crippen LogP contribution in [0.5, 0.6) is 0 Å². The molecular formula is C21H25F2N10O8P2S+. The van der Waals surface area contributed by atoms with Gasteiger partial charge in [0.05, 0.1) is 19.3 Å². The van der Waals surface area contributed by atoms with Crippen LogP contribution >= 0.6 is 15.0 Å². The molecule has 0 aromatic carbocycles. The summed E-state index contributed by atoms with van der Waals surface area (Å²) in [6.45, 7) is -2.10. The first-order chi connectivity index (χ1) is 21.0. The molecule has 0 aliphatic carbocycles. The average Bonchev–Trinajstić information content (AvgIpc) is 3.75. The third-order valence-electron chi connectivity index (χ3n) is 7.09. The minimum absolute atomic E-state index is 0.0629. The van der Waals surface area contributed by atoms with E-state index in [2.05, 4.69) is 37.0 Å². The number of nitrogen functional groups attached to an aromatic ring is 1. The highest BCUT2D eigenvalue weighted by atomic mass is 32.5. The third-order valence-corrected chi connectivity index (χ3v) is 9.43. The van der Waals surface area contributed by atoms with E-state index >= 15 is 8.78 Å². The number of nitrogens with zero attached hydrogens (tertiary/aromatic N) is 7. The summed E-state index contributed by atoms with van der Waals surface area (Å²) in [6, 6.07) is 0. The van der Waals surface area contributed by atoms with Gasteiger partial charge in [-0.1, -0.05) is 0 Å². The van der Waals surface area contributed by atoms with E-state index in [4.69, 9.17) is 50.5 Å². The van der Waals surface area contributed by atoms with Gasteiger partial charge < -0.3 is 29.9 Å². The van der Waals surface area contributed by atoms with Crippen LogP contribution in [-0.2, 0) is 43.9 Å². The van der Waals surface area contributed by atoms with E-state index in [1.165, 1.54) is 35.2 Å². The first-order valence-corrected chi connectivity index (χ1v) is 16.5. The van der Waals surface area contributed by atoms with Gasteiger partial charge in [-0.3, -0.25) is 19.1 Å². The maximum Gasteiger partial charge on any atom is 0.697 e. The summed E-state index contributed by atoms with van der Waals surface area (Å²) < 4.78 is 80.5. The van der Waals surface area contributed by atoms with Gasteiger partial charge in [0, 0.05) is 11.6 Å². The van der Waals surface area contributed by atoms with Gasteiger partial charge in [-0.25, -0.2) is 33.7 Å². The third kappa shape index (κ3) is 5.53. The Labute approximate surface area is 252 Å². The van der Waals surface area contributed by atoms with Crippen molar-refractivity contribution in [1.82, 2.24) is 29.1 Å². The number of hydrogen-bond acceptors (Lipinski definition) is 15. The van der Waals surface area contributed by atoms with Crippen molar-refractivity contribution in [2.24, 2.45) is 4.99 Å². The first-order valence-electron chi connectivity index (χ1n) is 12.8. The molecule has 3 aliphatic heterocycles. The highest BCUT2D eigenvalue weighted by Crippen LogP contribution is 2.52. The summed E-state index contributed by atoms with van der Waals surface area (Å²) in [4.78, 5) is 30.5. The van der Waals surface area contributed by atoms with E-state index < -0.39 is 77.4 Å². The van der Waals surface area contributed by atoms with Gasteiger partial charge in [0.2, 0.25) is 0 Å². The molecule has 10 atom stereocenters. The number of alkyl halides is 2. The number of hydrogen-bond donors (Lipinski definition) is 4. The number of anilines is 2. The molecule has 0 amide bonds. The molecule has 5 N–H and O–H groups in total. The standard InChI is InChI=1S/C21H24F2N10O8P2S/c1-26-16(24)12-18(27-2)32(6-30-12)21-11(23)15-8(38-21)3-36-42(34)40-14-9(4-37-43(35,44)41-15)39-20(10(14)22)33-7-31-13-17(25)28-5-29-19(13)33/h5-11,14-15,20-21,24,27H,1,3-4H2,2H3,(H2-,25,28,29,35,44)/p+1/t8-,9-,10-,11-,14-,15-,20-,21-,43?/m1/s1. The molecular weight excluding hydrogens is 652 g/mol. The Morgan fingerprint density at radius 2 is 1.86 bits per heavy atom. The Morgan fingerprint density at radius 3 is 2.59 bits per heavy atom. The van der Waals surface area contributed by atoms with Crippen LogP contribution in [-0.4, -0.2) is 104 Å². The van der Waals surface area contributed by atoms with Crippen LogP contribution < -0.4 is 11.1 Å². The van der Waals surface area contributed by atoms with E-state index in [-0.39, 0.29) is 34.3 Å². The molecule has 3 aromatic rings. The second-order valence-corrected chi connectivity index (χ2v) is 13.3. The minimum atomic E-state index is -4.23. The van der Waals surface area contributed by atoms with E-state index in [1.54, 1.807) is 0 Å². The summed E-state index contributed by atoms with van der Waals surface area (Å²) in [5, 5.41) is 10.7. The number of ether oxygens (including phenoxy) is 2. The predicted octanol–water partition coefficient (Wildman–Crippen LogP) is 1.54. The maximum absolute atomic E-state index is 15.9. The Kier molecular flexibility index (Phi) is 8.52. The van der Waals surface area contributed by atoms with Crippen LogP contribution in [0.3, 0.4) is 0 Å². The quantitative estimate of drug-likeness (QED) is 0.174. The zero-order valence-electron chi connectivity index (χ0n) is 22.5. The van der Waals surface area contributed by atoms with Crippen molar-refractivity contribution in [3.8, 4) is 0 Å². The molecule has 3 saturated heterocycles. The van der Waals surface area contributed by atoms with Crippen molar-refractivity contribution in [1.29, 1.82) is 5.41 Å². The lowest BCUT2D eigenvalue weighted by Gasteiger charge is -2.25. The number of nitrogens with one attached hydrogen (secondary N) is 2. The fourth-order valence-electron chi connectivity index (χ4n) is 5.08. The number of imidazole rings is 2. The van der Waals surface area contributed by atoms with Crippen molar-refractivity contribution >= 4 is 62.1 Å². The van der Waals surface area contributed by atoms with Crippen molar-refractivity contribution < 1.29 is 45.8 Å². The van der Waals surface area contributed by atoms with Gasteiger partial charge in [0.15, 0.2) is 48.2 Å². The molecule has 44 heavy (non-hydrogen) atoms. The fourth-order valence-corrected chi connectivity index (χ4v) is 7.29. The molecule has 0 spiro atoms. The predicted molar refractivity (Wildman–Crippen MR) is 151 cm³/mol. The van der Waals surface area contributed by atoms with Crippen LogP contribution in [0.4, 0.5) is 20.4 Å². The molecule has 0 radical (unpaired) electrons. The summed E-state index contributed by atoms with van der Waals surface area (Å²) in [5.74, 6) is -0.0376. The SMILES string of the molecule is C=NC(=N)c1ncn([C@@H]2O[C@@H]3CO[P+](=O)O[C@H]4[C@@H](F)[C@H](n5cnc6c(N)ncnc65)O[C@@H]4COP(O)(=S)O[C@H]3[C@H]2F)c1NC. The number of nitrogens with two attached hydrogens (primary N) is 1. The maximum atomic E-state index is 15.9. The van der Waals surface area contributed by atoms with Gasteiger partial charge >= 0.3 is 15.0 Å². The molecule has 3 aliphatic rings. The molecule has 6 rings (SSSR count). The first kappa shape index (κ1) is 31.0. The normalized spacial score (nSPS) is 35.4. The van der Waals surface area contributed by atoms with Crippen molar-refractivity contribution in [2.45, 2.75) is 49.2 Å². The largest absolute Gasteiger partial charge is 0.697 e. The molecule has 0 bridgehead atoms. The van der Waals surface area contributed by atoms with Crippen LogP contribution in [0.25, 0.3) is 11.2 Å². The number of rotatable bonds is 4. The van der Waals surface area contributed by atoms with Crippen LogP contribution in [0.1, 0.15) is 18.1 Å². The molecule has 236 valence electrons. The van der Waals surface area contributed by atoms with Gasteiger partial charge in [-0.2, -0.15) is 0 Å². The Morgan fingerprint density at radius 1 is 1.18 bits per heavy atom. The van der Waals surface area contributed by atoms with Gasteiger partial charge in [-0.05, 0) is 18.5 Å². The Hall–Kier alpha value is -2.97. The molecule has 3 fully saturated rings. The number of amidine groups is 1.